The van der Waals surface area contributed by atoms with Crippen LogP contribution in [-0.2, 0) is 11.2 Å². The van der Waals surface area contributed by atoms with Gasteiger partial charge in [-0.3, -0.25) is 20.2 Å². The summed E-state index contributed by atoms with van der Waals surface area (Å²) in [6, 6.07) is 17.4. The molecule has 0 aromatic heterocycles. The van der Waals surface area contributed by atoms with E-state index in [9.17, 15) is 24.8 Å². The van der Waals surface area contributed by atoms with E-state index < -0.39 is 21.0 Å². The number of benzene rings is 4. The van der Waals surface area contributed by atoms with Crippen LogP contribution in [0.1, 0.15) is 0 Å². The number of rotatable bonds is 6. The zero-order valence-electron chi connectivity index (χ0n) is 17.8. The second kappa shape index (κ2) is 10.6. The molecule has 0 aliphatic carbocycles. The maximum atomic E-state index is 13.5. The summed E-state index contributed by atoms with van der Waals surface area (Å²) in [5.74, 6) is 0. The van der Waals surface area contributed by atoms with Gasteiger partial charge in [0.1, 0.15) is 0 Å². The standard InChI is InChI=1S/C24H12Cl4N2O5S/c25-15-5-1-13(2-6-15)17-9-19(27)23(11-21(17)29(31)32)36(35)24-12-22(30(33)34)18(10-20(24)28)14-3-7-16(26)8-4-14/h1-12H. The molecule has 0 amide bonds. The lowest BCUT2D eigenvalue weighted by molar-refractivity contribution is -0.384. The van der Waals surface area contributed by atoms with E-state index in [1.165, 1.54) is 12.1 Å². The molecule has 0 spiro atoms. The van der Waals surface area contributed by atoms with Crippen molar-refractivity contribution in [3.8, 4) is 22.3 Å². The summed E-state index contributed by atoms with van der Waals surface area (Å²) in [5.41, 5.74) is 0.634. The van der Waals surface area contributed by atoms with Crippen molar-refractivity contribution in [1.29, 1.82) is 0 Å². The maximum absolute atomic E-state index is 13.5. The third-order valence-corrected chi connectivity index (χ3v) is 8.03. The Morgan fingerprint density at radius 1 is 0.583 bits per heavy atom. The Bertz CT molecular complexity index is 1390. The third-order valence-electron chi connectivity index (χ3n) is 5.20. The summed E-state index contributed by atoms with van der Waals surface area (Å²) < 4.78 is 13.5. The smallest absolute Gasteiger partial charge is 0.282 e. The molecule has 4 rings (SSSR count). The zero-order valence-corrected chi connectivity index (χ0v) is 21.6. The van der Waals surface area contributed by atoms with E-state index in [2.05, 4.69) is 0 Å². The van der Waals surface area contributed by atoms with E-state index in [0.29, 0.717) is 21.2 Å². The third kappa shape index (κ3) is 5.29. The maximum Gasteiger partial charge on any atom is 0.282 e. The fraction of sp³-hybridized carbons (Fsp3) is 0. The van der Waals surface area contributed by atoms with Gasteiger partial charge in [0.05, 0.1) is 43.2 Å². The molecule has 182 valence electrons. The van der Waals surface area contributed by atoms with Gasteiger partial charge in [0.25, 0.3) is 11.4 Å². The molecule has 36 heavy (non-hydrogen) atoms. The lowest BCUT2D eigenvalue weighted by Gasteiger charge is -2.15. The highest BCUT2D eigenvalue weighted by Gasteiger charge is 2.31. The first-order valence-corrected chi connectivity index (χ1v) is 12.6. The van der Waals surface area contributed by atoms with E-state index in [4.69, 9.17) is 46.4 Å². The Labute approximate surface area is 227 Å². The Morgan fingerprint density at radius 3 is 1.22 bits per heavy atom. The highest BCUT2D eigenvalue weighted by atomic mass is 35.5. The summed E-state index contributed by atoms with van der Waals surface area (Å²) in [6.45, 7) is 0. The number of nitro groups is 2. The molecule has 7 nitrogen and oxygen atoms in total. The van der Waals surface area contributed by atoms with E-state index >= 15 is 0 Å². The van der Waals surface area contributed by atoms with Crippen molar-refractivity contribution >= 4 is 69.0 Å². The summed E-state index contributed by atoms with van der Waals surface area (Å²) in [6.07, 6.45) is 0. The summed E-state index contributed by atoms with van der Waals surface area (Å²) in [4.78, 5) is 22.2. The molecule has 0 unspecified atom stereocenters. The Kier molecular flexibility index (Phi) is 7.75. The largest absolute Gasteiger partial charge is 0.606 e. The first kappa shape index (κ1) is 26.2. The second-order valence-electron chi connectivity index (χ2n) is 7.40. The second-order valence-corrected chi connectivity index (χ2v) is 10.5. The van der Waals surface area contributed by atoms with Gasteiger partial charge in [0, 0.05) is 21.2 Å². The fourth-order valence-corrected chi connectivity index (χ4v) is 5.66. The molecular formula is C24H12Cl4N2O5S. The highest BCUT2D eigenvalue weighted by molar-refractivity contribution is 7.91. The van der Waals surface area contributed by atoms with Gasteiger partial charge >= 0.3 is 0 Å². The Hall–Kier alpha value is -2.85. The molecule has 0 N–H and O–H groups in total. The fourth-order valence-electron chi connectivity index (χ4n) is 3.51. The van der Waals surface area contributed by atoms with Crippen molar-refractivity contribution in [1.82, 2.24) is 0 Å². The predicted octanol–water partition coefficient (Wildman–Crippen LogP) is 8.62. The average molecular weight is 582 g/mol. The Balaban J connectivity index is 1.84. The van der Waals surface area contributed by atoms with E-state index in [0.717, 1.165) is 12.1 Å². The molecular weight excluding hydrogens is 570 g/mol. The SMILES string of the molecule is O=[N+]([O-])c1cc([S+]([O-])c2cc([N+](=O)[O-])c(-c3ccc(Cl)cc3)cc2Cl)c(Cl)cc1-c1ccc(Cl)cc1. The molecule has 0 bridgehead atoms. The van der Waals surface area contributed by atoms with Crippen LogP contribution in [0.5, 0.6) is 0 Å². The van der Waals surface area contributed by atoms with Gasteiger partial charge in [-0.1, -0.05) is 70.7 Å². The number of halogens is 4. The first-order valence-electron chi connectivity index (χ1n) is 9.96. The molecule has 0 aliphatic heterocycles. The van der Waals surface area contributed by atoms with Crippen molar-refractivity contribution in [3.05, 3.63) is 113 Å². The van der Waals surface area contributed by atoms with Crippen molar-refractivity contribution in [3.63, 3.8) is 0 Å². The molecule has 4 aromatic rings. The minimum atomic E-state index is -2.18. The van der Waals surface area contributed by atoms with Gasteiger partial charge in [0.15, 0.2) is 9.79 Å². The normalized spacial score (nSPS) is 11.1. The average Bonchev–Trinajstić information content (AvgIpc) is 2.84. The van der Waals surface area contributed by atoms with Gasteiger partial charge in [-0.15, -0.1) is 0 Å². The van der Waals surface area contributed by atoms with Gasteiger partial charge in [-0.05, 0) is 47.5 Å². The summed E-state index contributed by atoms with van der Waals surface area (Å²) >= 11 is 22.4. The van der Waals surface area contributed by atoms with Crippen molar-refractivity contribution in [2.24, 2.45) is 0 Å². The van der Waals surface area contributed by atoms with Crippen LogP contribution in [0.3, 0.4) is 0 Å². The zero-order chi connectivity index (χ0) is 26.1. The van der Waals surface area contributed by atoms with Gasteiger partial charge in [-0.2, -0.15) is 0 Å². The molecule has 0 saturated heterocycles. The number of hydrogen-bond donors (Lipinski definition) is 0. The molecule has 0 fully saturated rings. The van der Waals surface area contributed by atoms with Crippen LogP contribution in [0.25, 0.3) is 22.3 Å². The van der Waals surface area contributed by atoms with Crippen molar-refractivity contribution in [2.75, 3.05) is 0 Å². The van der Waals surface area contributed by atoms with Gasteiger partial charge < -0.3 is 4.55 Å². The molecule has 0 atom stereocenters. The lowest BCUT2D eigenvalue weighted by atomic mass is 10.0. The molecule has 12 heteroatoms. The van der Waals surface area contributed by atoms with Crippen LogP contribution in [0, 0.1) is 20.2 Å². The minimum Gasteiger partial charge on any atom is -0.606 e. The van der Waals surface area contributed by atoms with E-state index in [-0.39, 0.29) is 42.3 Å². The van der Waals surface area contributed by atoms with Crippen molar-refractivity contribution in [2.45, 2.75) is 9.79 Å². The van der Waals surface area contributed by atoms with Crippen LogP contribution in [0.2, 0.25) is 20.1 Å². The van der Waals surface area contributed by atoms with E-state index in [1.54, 1.807) is 48.5 Å². The van der Waals surface area contributed by atoms with E-state index in [1.807, 2.05) is 0 Å². The number of nitrogens with zero attached hydrogens (tertiary/aromatic N) is 2. The van der Waals surface area contributed by atoms with Crippen LogP contribution in [0.4, 0.5) is 11.4 Å². The van der Waals surface area contributed by atoms with Crippen LogP contribution < -0.4 is 0 Å². The first-order chi connectivity index (χ1) is 17.1. The predicted molar refractivity (Wildman–Crippen MR) is 142 cm³/mol. The van der Waals surface area contributed by atoms with Crippen LogP contribution in [-0.4, -0.2) is 14.4 Å². The molecule has 0 aliphatic rings. The van der Waals surface area contributed by atoms with Gasteiger partial charge in [0.2, 0.25) is 0 Å². The quantitative estimate of drug-likeness (QED) is 0.128. The number of hydrogen-bond acceptors (Lipinski definition) is 5. The minimum absolute atomic E-state index is 0.0376. The molecule has 0 radical (unpaired) electrons. The molecule has 4 aromatic carbocycles. The highest BCUT2D eigenvalue weighted by Crippen LogP contribution is 2.42. The van der Waals surface area contributed by atoms with Crippen molar-refractivity contribution < 1.29 is 14.4 Å². The Morgan fingerprint density at radius 2 is 0.917 bits per heavy atom. The van der Waals surface area contributed by atoms with Crippen LogP contribution >= 0.6 is 46.4 Å². The van der Waals surface area contributed by atoms with Gasteiger partial charge in [-0.25, -0.2) is 0 Å². The summed E-state index contributed by atoms with van der Waals surface area (Å²) in [5, 5.41) is 24.5. The summed E-state index contributed by atoms with van der Waals surface area (Å²) in [7, 11) is 0. The monoisotopic (exact) mass is 580 g/mol. The molecule has 0 heterocycles. The number of nitro benzene ring substituents is 2. The lowest BCUT2D eigenvalue weighted by Crippen LogP contribution is -2.07. The molecule has 0 saturated carbocycles. The topological polar surface area (TPSA) is 109 Å². The van der Waals surface area contributed by atoms with Crippen LogP contribution in [0.15, 0.2) is 82.6 Å².